The lowest BCUT2D eigenvalue weighted by Crippen LogP contribution is -2.22. The Morgan fingerprint density at radius 3 is 2.12 bits per heavy atom. The van der Waals surface area contributed by atoms with Crippen molar-refractivity contribution in [1.82, 2.24) is 0 Å². The first-order valence-electron chi connectivity index (χ1n) is 10.1. The number of fused-ring (bicyclic) bond motifs is 1. The number of hydrogen-bond acceptors (Lipinski definition) is 3. The minimum Gasteiger partial charge on any atom is -0.325 e. The van der Waals surface area contributed by atoms with Crippen LogP contribution in [0.15, 0.2) is 95.9 Å². The molecule has 1 atom stereocenters. The van der Waals surface area contributed by atoms with Crippen LogP contribution in [0.25, 0.3) is 10.8 Å². The summed E-state index contributed by atoms with van der Waals surface area (Å²) in [5.41, 5.74) is 1.82. The van der Waals surface area contributed by atoms with Gasteiger partial charge in [-0.15, -0.1) is 11.8 Å². The van der Waals surface area contributed by atoms with Gasteiger partial charge in [0.05, 0.1) is 5.25 Å². The topological polar surface area (TPSA) is 58.2 Å². The quantitative estimate of drug-likeness (QED) is 0.341. The molecule has 6 heteroatoms. The fourth-order valence-electron chi connectivity index (χ4n) is 3.19. The summed E-state index contributed by atoms with van der Waals surface area (Å²) in [4.78, 5) is 25.9. The Morgan fingerprint density at radius 1 is 0.781 bits per heavy atom. The van der Waals surface area contributed by atoms with Crippen LogP contribution >= 0.6 is 11.8 Å². The van der Waals surface area contributed by atoms with Gasteiger partial charge >= 0.3 is 0 Å². The highest BCUT2D eigenvalue weighted by Crippen LogP contribution is 2.26. The van der Waals surface area contributed by atoms with Gasteiger partial charge in [0.1, 0.15) is 5.82 Å². The van der Waals surface area contributed by atoms with Crippen LogP contribution in [0, 0.1) is 5.82 Å². The van der Waals surface area contributed by atoms with E-state index in [1.54, 1.807) is 6.92 Å². The Balaban J connectivity index is 1.35. The number of rotatable bonds is 6. The molecule has 0 aliphatic heterocycles. The molecule has 4 aromatic carbocycles. The molecular formula is C26H21FN2O2S. The smallest absolute Gasteiger partial charge is 0.255 e. The van der Waals surface area contributed by atoms with Gasteiger partial charge in [-0.2, -0.15) is 0 Å². The average Bonchev–Trinajstić information content (AvgIpc) is 2.81. The van der Waals surface area contributed by atoms with Gasteiger partial charge in [0.2, 0.25) is 5.91 Å². The molecule has 32 heavy (non-hydrogen) atoms. The second kappa shape index (κ2) is 9.66. The molecule has 4 rings (SSSR count). The van der Waals surface area contributed by atoms with Crippen LogP contribution in [0.2, 0.25) is 0 Å². The van der Waals surface area contributed by atoms with Crippen LogP contribution in [0.4, 0.5) is 15.8 Å². The van der Waals surface area contributed by atoms with E-state index in [1.165, 1.54) is 36.0 Å². The maximum atomic E-state index is 13.0. The van der Waals surface area contributed by atoms with E-state index in [0.717, 1.165) is 15.7 Å². The molecule has 0 saturated heterocycles. The van der Waals surface area contributed by atoms with Gasteiger partial charge in [0.25, 0.3) is 5.91 Å². The summed E-state index contributed by atoms with van der Waals surface area (Å²) in [6.07, 6.45) is 0. The van der Waals surface area contributed by atoms with E-state index >= 15 is 0 Å². The second-order valence-electron chi connectivity index (χ2n) is 7.30. The van der Waals surface area contributed by atoms with Crippen molar-refractivity contribution in [2.45, 2.75) is 17.1 Å². The van der Waals surface area contributed by atoms with E-state index in [0.29, 0.717) is 16.9 Å². The molecule has 0 aromatic heterocycles. The molecule has 0 spiro atoms. The molecule has 4 nitrogen and oxygen atoms in total. The van der Waals surface area contributed by atoms with Crippen LogP contribution in [0.1, 0.15) is 17.3 Å². The third-order valence-corrected chi connectivity index (χ3v) is 6.03. The van der Waals surface area contributed by atoms with Gasteiger partial charge in [-0.1, -0.05) is 30.3 Å². The highest BCUT2D eigenvalue weighted by molar-refractivity contribution is 8.00. The van der Waals surface area contributed by atoms with Crippen LogP contribution in [0.5, 0.6) is 0 Å². The van der Waals surface area contributed by atoms with E-state index in [1.807, 2.05) is 66.7 Å². The first-order chi connectivity index (χ1) is 15.5. The Labute approximate surface area is 189 Å². The largest absolute Gasteiger partial charge is 0.325 e. The molecular weight excluding hydrogens is 423 g/mol. The van der Waals surface area contributed by atoms with Gasteiger partial charge in [-0.3, -0.25) is 9.59 Å². The van der Waals surface area contributed by atoms with Crippen molar-refractivity contribution in [3.8, 4) is 0 Å². The second-order valence-corrected chi connectivity index (χ2v) is 8.71. The number of nitrogens with one attached hydrogen (secondary N) is 2. The van der Waals surface area contributed by atoms with Crippen molar-refractivity contribution in [3.05, 3.63) is 102 Å². The maximum Gasteiger partial charge on any atom is 0.255 e. The molecule has 0 saturated carbocycles. The fourth-order valence-corrected chi connectivity index (χ4v) is 4.05. The molecule has 1 unspecified atom stereocenters. The standard InChI is InChI=1S/C26H21FN2O2S/c1-17(25(30)28-22-10-8-21(27)9-11-22)32-24-14-12-23(13-15-24)29-26(31)20-7-6-18-4-2-3-5-19(18)16-20/h2-17H,1H3,(H,28,30)(H,29,31). The Bertz CT molecular complexity index is 1260. The zero-order chi connectivity index (χ0) is 22.5. The zero-order valence-corrected chi connectivity index (χ0v) is 18.2. The first kappa shape index (κ1) is 21.6. The average molecular weight is 445 g/mol. The lowest BCUT2D eigenvalue weighted by Gasteiger charge is -2.13. The van der Waals surface area contributed by atoms with Gasteiger partial charge < -0.3 is 10.6 Å². The third kappa shape index (κ3) is 5.34. The van der Waals surface area contributed by atoms with Gasteiger partial charge in [0.15, 0.2) is 0 Å². The van der Waals surface area contributed by atoms with Gasteiger partial charge in [-0.05, 0) is 78.4 Å². The van der Waals surface area contributed by atoms with Crippen LogP contribution in [-0.2, 0) is 4.79 Å². The van der Waals surface area contributed by atoms with Crippen molar-refractivity contribution in [2.75, 3.05) is 10.6 Å². The molecule has 0 radical (unpaired) electrons. The minimum atomic E-state index is -0.349. The minimum absolute atomic E-state index is 0.171. The summed E-state index contributed by atoms with van der Waals surface area (Å²) in [6, 6.07) is 26.5. The Morgan fingerprint density at radius 2 is 1.41 bits per heavy atom. The molecule has 0 fully saturated rings. The van der Waals surface area contributed by atoms with Crippen LogP contribution in [-0.4, -0.2) is 17.1 Å². The molecule has 0 bridgehead atoms. The SMILES string of the molecule is CC(Sc1ccc(NC(=O)c2ccc3ccccc3c2)cc1)C(=O)Nc1ccc(F)cc1. The number of carbonyl (C=O) groups excluding carboxylic acids is 2. The highest BCUT2D eigenvalue weighted by atomic mass is 32.2. The number of amides is 2. The highest BCUT2D eigenvalue weighted by Gasteiger charge is 2.15. The van der Waals surface area contributed by atoms with E-state index in [9.17, 15) is 14.0 Å². The number of halogens is 1. The lowest BCUT2D eigenvalue weighted by molar-refractivity contribution is -0.115. The number of carbonyl (C=O) groups is 2. The molecule has 0 aliphatic carbocycles. The Kier molecular flexibility index (Phi) is 6.52. The molecule has 160 valence electrons. The van der Waals surface area contributed by atoms with Crippen molar-refractivity contribution in [2.24, 2.45) is 0 Å². The fraction of sp³-hybridized carbons (Fsp3) is 0.0769. The third-order valence-electron chi connectivity index (χ3n) is 4.92. The molecule has 0 aliphatic rings. The summed E-state index contributed by atoms with van der Waals surface area (Å²) in [5, 5.41) is 7.43. The number of anilines is 2. The predicted octanol–water partition coefficient (Wildman–Crippen LogP) is 6.35. The maximum absolute atomic E-state index is 13.0. The van der Waals surface area contributed by atoms with Gasteiger partial charge in [-0.25, -0.2) is 4.39 Å². The molecule has 2 N–H and O–H groups in total. The Hall–Kier alpha value is -3.64. The summed E-state index contributed by atoms with van der Waals surface area (Å²) in [5.74, 6) is -0.697. The van der Waals surface area contributed by atoms with Crippen molar-refractivity contribution < 1.29 is 14.0 Å². The molecule has 4 aromatic rings. The summed E-state index contributed by atoms with van der Waals surface area (Å²) in [6.45, 7) is 1.80. The van der Waals surface area contributed by atoms with Gasteiger partial charge in [0, 0.05) is 21.8 Å². The van der Waals surface area contributed by atoms with E-state index in [-0.39, 0.29) is 22.9 Å². The number of benzene rings is 4. The van der Waals surface area contributed by atoms with Crippen LogP contribution in [0.3, 0.4) is 0 Å². The monoisotopic (exact) mass is 444 g/mol. The van der Waals surface area contributed by atoms with E-state index in [2.05, 4.69) is 10.6 Å². The summed E-state index contributed by atoms with van der Waals surface area (Å²) < 4.78 is 13.0. The van der Waals surface area contributed by atoms with Crippen LogP contribution < -0.4 is 10.6 Å². The summed E-state index contributed by atoms with van der Waals surface area (Å²) in [7, 11) is 0. The number of hydrogen-bond donors (Lipinski definition) is 2. The predicted molar refractivity (Wildman–Crippen MR) is 129 cm³/mol. The van der Waals surface area contributed by atoms with Crippen molar-refractivity contribution in [3.63, 3.8) is 0 Å². The summed E-state index contributed by atoms with van der Waals surface area (Å²) >= 11 is 1.40. The number of thioether (sulfide) groups is 1. The first-order valence-corrected chi connectivity index (χ1v) is 11.0. The van der Waals surface area contributed by atoms with E-state index < -0.39 is 0 Å². The lowest BCUT2D eigenvalue weighted by atomic mass is 10.1. The van der Waals surface area contributed by atoms with Crippen molar-refractivity contribution >= 4 is 45.7 Å². The zero-order valence-electron chi connectivity index (χ0n) is 17.3. The molecule has 0 heterocycles. The van der Waals surface area contributed by atoms with Crippen molar-refractivity contribution in [1.29, 1.82) is 0 Å². The molecule has 2 amide bonds. The van der Waals surface area contributed by atoms with E-state index in [4.69, 9.17) is 0 Å². The normalized spacial score (nSPS) is 11.7.